The zero-order chi connectivity index (χ0) is 27.8. The van der Waals surface area contributed by atoms with Gasteiger partial charge in [-0.2, -0.15) is 0 Å². The number of likely N-dealkylation sites (N-methyl/N-ethyl adjacent to an activating group) is 1. The zero-order valence-electron chi connectivity index (χ0n) is 22.3. The van der Waals surface area contributed by atoms with Crippen molar-refractivity contribution >= 4 is 29.5 Å². The molecule has 1 unspecified atom stereocenters. The molecule has 2 atom stereocenters. The monoisotopic (exact) mass is 536 g/mol. The van der Waals surface area contributed by atoms with E-state index in [1.54, 1.807) is 29.2 Å². The van der Waals surface area contributed by atoms with E-state index in [2.05, 4.69) is 0 Å². The maximum absolute atomic E-state index is 13.5. The van der Waals surface area contributed by atoms with Gasteiger partial charge in [0.25, 0.3) is 11.8 Å². The second-order valence-electron chi connectivity index (χ2n) is 10.1. The fourth-order valence-electron chi connectivity index (χ4n) is 5.68. The molecule has 11 nitrogen and oxygen atoms in total. The van der Waals surface area contributed by atoms with Crippen molar-refractivity contribution in [3.05, 3.63) is 53.1 Å². The first-order chi connectivity index (χ1) is 18.7. The Labute approximate surface area is 226 Å². The standard InChI is InChI=1S/C28H32N4O7/c1-29(20-10-11-30(16-20)28(36)37)19-5-6-21-18(13-19)15-31(26(21)34)22-7-9-25(33)32(27(22)35)14-17-4-8-23(38-2)24(12-17)39-3/h4-6,8,12-13,20,22H,7,9-11,14-16H2,1-3H3,(H,36,37)/t20-,22?/m1/s1. The van der Waals surface area contributed by atoms with Crippen LogP contribution >= 0.6 is 0 Å². The largest absolute Gasteiger partial charge is 0.493 e. The van der Waals surface area contributed by atoms with Gasteiger partial charge in [-0.1, -0.05) is 6.07 Å². The summed E-state index contributed by atoms with van der Waals surface area (Å²) >= 11 is 0. The SMILES string of the molecule is COc1ccc(CN2C(=O)CCC(N3Cc4cc(N(C)[C@@H]5CCN(C(=O)O)C5)ccc4C3=O)C2=O)cc1OC. The number of amides is 4. The molecule has 2 saturated heterocycles. The van der Waals surface area contributed by atoms with E-state index in [1.807, 2.05) is 24.1 Å². The van der Waals surface area contributed by atoms with Crippen LogP contribution in [0.5, 0.6) is 11.5 Å². The average Bonchev–Trinajstić information content (AvgIpc) is 3.56. The molecule has 206 valence electrons. The predicted octanol–water partition coefficient (Wildman–Crippen LogP) is 2.57. The summed E-state index contributed by atoms with van der Waals surface area (Å²) in [5.41, 5.74) is 2.96. The molecule has 0 aliphatic carbocycles. The van der Waals surface area contributed by atoms with Crippen LogP contribution in [0.4, 0.5) is 10.5 Å². The van der Waals surface area contributed by atoms with Crippen molar-refractivity contribution in [2.24, 2.45) is 0 Å². The van der Waals surface area contributed by atoms with Gasteiger partial charge in [0.15, 0.2) is 11.5 Å². The zero-order valence-corrected chi connectivity index (χ0v) is 22.3. The first-order valence-electron chi connectivity index (χ1n) is 12.9. The van der Waals surface area contributed by atoms with Crippen molar-refractivity contribution in [2.45, 2.75) is 44.4 Å². The maximum atomic E-state index is 13.5. The molecule has 2 fully saturated rings. The molecular formula is C28H32N4O7. The van der Waals surface area contributed by atoms with Crippen LogP contribution in [0, 0.1) is 0 Å². The van der Waals surface area contributed by atoms with E-state index < -0.39 is 12.1 Å². The van der Waals surface area contributed by atoms with Gasteiger partial charge in [0.1, 0.15) is 6.04 Å². The Hall–Kier alpha value is -4.28. The van der Waals surface area contributed by atoms with Gasteiger partial charge in [-0.15, -0.1) is 0 Å². The average molecular weight is 537 g/mol. The highest BCUT2D eigenvalue weighted by molar-refractivity contribution is 6.05. The number of fused-ring (bicyclic) bond motifs is 1. The molecule has 0 bridgehead atoms. The molecule has 0 saturated carbocycles. The van der Waals surface area contributed by atoms with E-state index >= 15 is 0 Å². The minimum atomic E-state index is -0.920. The van der Waals surface area contributed by atoms with Crippen molar-refractivity contribution in [3.63, 3.8) is 0 Å². The highest BCUT2D eigenvalue weighted by atomic mass is 16.5. The molecule has 0 aromatic heterocycles. The quantitative estimate of drug-likeness (QED) is 0.537. The van der Waals surface area contributed by atoms with E-state index in [-0.39, 0.29) is 49.7 Å². The normalized spacial score (nSPS) is 20.9. The van der Waals surface area contributed by atoms with E-state index in [1.165, 1.54) is 24.0 Å². The Balaban J connectivity index is 1.31. The Morgan fingerprint density at radius 1 is 1.05 bits per heavy atom. The highest BCUT2D eigenvalue weighted by Gasteiger charge is 2.43. The highest BCUT2D eigenvalue weighted by Crippen LogP contribution is 2.34. The predicted molar refractivity (Wildman–Crippen MR) is 141 cm³/mol. The smallest absolute Gasteiger partial charge is 0.407 e. The molecule has 5 rings (SSSR count). The van der Waals surface area contributed by atoms with Crippen molar-refractivity contribution < 1.29 is 33.8 Å². The van der Waals surface area contributed by atoms with Gasteiger partial charge in [-0.25, -0.2) is 4.79 Å². The van der Waals surface area contributed by atoms with Crippen LogP contribution in [0.2, 0.25) is 0 Å². The molecule has 39 heavy (non-hydrogen) atoms. The number of rotatable bonds is 7. The Morgan fingerprint density at radius 3 is 2.51 bits per heavy atom. The first-order valence-corrected chi connectivity index (χ1v) is 12.9. The summed E-state index contributed by atoms with van der Waals surface area (Å²) in [6, 6.07) is 10.1. The number of piperidine rings is 1. The molecule has 4 amide bonds. The molecule has 2 aromatic rings. The molecule has 1 N–H and O–H groups in total. The van der Waals surface area contributed by atoms with Gasteiger partial charge in [0.05, 0.1) is 20.8 Å². The molecule has 3 heterocycles. The fraction of sp³-hybridized carbons (Fsp3) is 0.429. The summed E-state index contributed by atoms with van der Waals surface area (Å²) in [4.78, 5) is 57.2. The molecule has 2 aromatic carbocycles. The summed E-state index contributed by atoms with van der Waals surface area (Å²) in [5.74, 6) is 0.164. The topological polar surface area (TPSA) is 120 Å². The van der Waals surface area contributed by atoms with Gasteiger partial charge in [0, 0.05) is 50.4 Å². The number of carboxylic acid groups (broad SMARTS) is 1. The molecular weight excluding hydrogens is 504 g/mol. The van der Waals surface area contributed by atoms with Gasteiger partial charge < -0.3 is 29.3 Å². The summed E-state index contributed by atoms with van der Waals surface area (Å²) in [6.07, 6.45) is 0.252. The number of benzene rings is 2. The Kier molecular flexibility index (Phi) is 7.07. The van der Waals surface area contributed by atoms with Crippen LogP contribution in [0.15, 0.2) is 36.4 Å². The van der Waals surface area contributed by atoms with Crippen molar-refractivity contribution in [2.75, 3.05) is 39.3 Å². The molecule has 11 heteroatoms. The second kappa shape index (κ2) is 10.5. The van der Waals surface area contributed by atoms with Crippen LogP contribution in [0.25, 0.3) is 0 Å². The molecule has 3 aliphatic heterocycles. The lowest BCUT2D eigenvalue weighted by Crippen LogP contribution is -2.54. The first kappa shape index (κ1) is 26.3. The third-order valence-corrected chi connectivity index (χ3v) is 7.96. The minimum absolute atomic E-state index is 0.0448. The molecule has 0 radical (unpaired) electrons. The summed E-state index contributed by atoms with van der Waals surface area (Å²) in [7, 11) is 4.98. The number of imide groups is 1. The molecule has 0 spiro atoms. The van der Waals surface area contributed by atoms with Gasteiger partial charge in [-0.05, 0) is 54.3 Å². The minimum Gasteiger partial charge on any atom is -0.493 e. The van der Waals surface area contributed by atoms with Crippen LogP contribution in [-0.4, -0.2) is 90.1 Å². The number of ether oxygens (including phenoxy) is 2. The number of carbonyl (C=O) groups excluding carboxylic acids is 3. The van der Waals surface area contributed by atoms with Crippen LogP contribution in [0.1, 0.15) is 40.7 Å². The Morgan fingerprint density at radius 2 is 1.82 bits per heavy atom. The summed E-state index contributed by atoms with van der Waals surface area (Å²) in [6.45, 7) is 1.27. The number of hydrogen-bond acceptors (Lipinski definition) is 7. The lowest BCUT2D eigenvalue weighted by atomic mass is 10.0. The number of likely N-dealkylation sites (tertiary alicyclic amines) is 2. The number of anilines is 1. The lowest BCUT2D eigenvalue weighted by molar-refractivity contribution is -0.153. The second-order valence-corrected chi connectivity index (χ2v) is 10.1. The van der Waals surface area contributed by atoms with Crippen LogP contribution in [-0.2, 0) is 22.7 Å². The third-order valence-electron chi connectivity index (χ3n) is 7.96. The number of nitrogens with zero attached hydrogens (tertiary/aromatic N) is 4. The van der Waals surface area contributed by atoms with Crippen LogP contribution in [0.3, 0.4) is 0 Å². The van der Waals surface area contributed by atoms with Crippen molar-refractivity contribution in [3.8, 4) is 11.5 Å². The third kappa shape index (κ3) is 4.84. The van der Waals surface area contributed by atoms with Gasteiger partial charge in [-0.3, -0.25) is 19.3 Å². The molecule has 3 aliphatic rings. The van der Waals surface area contributed by atoms with E-state index in [0.717, 1.165) is 17.7 Å². The van der Waals surface area contributed by atoms with Crippen molar-refractivity contribution in [1.82, 2.24) is 14.7 Å². The van der Waals surface area contributed by atoms with E-state index in [4.69, 9.17) is 9.47 Å². The number of carbonyl (C=O) groups is 4. The summed E-state index contributed by atoms with van der Waals surface area (Å²) < 4.78 is 10.6. The summed E-state index contributed by atoms with van der Waals surface area (Å²) in [5, 5.41) is 9.28. The maximum Gasteiger partial charge on any atom is 0.407 e. The lowest BCUT2D eigenvalue weighted by Gasteiger charge is -2.35. The number of hydrogen-bond donors (Lipinski definition) is 1. The van der Waals surface area contributed by atoms with Crippen molar-refractivity contribution in [1.29, 1.82) is 0 Å². The van der Waals surface area contributed by atoms with Crippen LogP contribution < -0.4 is 14.4 Å². The number of methoxy groups -OCH3 is 2. The van der Waals surface area contributed by atoms with Gasteiger partial charge >= 0.3 is 6.09 Å². The Bertz CT molecular complexity index is 1330. The van der Waals surface area contributed by atoms with Gasteiger partial charge in [0.2, 0.25) is 5.91 Å². The van der Waals surface area contributed by atoms with E-state index in [9.17, 15) is 24.3 Å². The van der Waals surface area contributed by atoms with E-state index in [0.29, 0.717) is 35.7 Å². The fourth-order valence-corrected chi connectivity index (χ4v) is 5.68.